The van der Waals surface area contributed by atoms with Crippen LogP contribution in [0.25, 0.3) is 0 Å². The van der Waals surface area contributed by atoms with Crippen LogP contribution < -0.4 is 0 Å². The maximum Gasteiger partial charge on any atom is 0.217 e. The van der Waals surface area contributed by atoms with Gasteiger partial charge < -0.3 is 0 Å². The molecule has 1 N–H and O–H groups in total. The molecule has 1 heterocycles. The summed E-state index contributed by atoms with van der Waals surface area (Å²) >= 11 is 0. The molecule has 0 aromatic carbocycles. The standard InChI is InChI=1S/C2H2N6/c3-5-2-1-4-7-8-6-2/h1,3H. The highest BCUT2D eigenvalue weighted by Crippen LogP contribution is 1.96. The monoisotopic (exact) mass is 110 g/mol. The SMILES string of the molecule is N=Nc1cnnnn1. The summed E-state index contributed by atoms with van der Waals surface area (Å²) in [6, 6.07) is 0. The van der Waals surface area contributed by atoms with E-state index in [4.69, 9.17) is 5.53 Å². The molecule has 1 aromatic rings. The lowest BCUT2D eigenvalue weighted by atomic mass is 10.8. The molecule has 0 aliphatic heterocycles. The molecule has 0 atom stereocenters. The van der Waals surface area contributed by atoms with Crippen LogP contribution in [0.4, 0.5) is 5.82 Å². The van der Waals surface area contributed by atoms with Crippen LogP contribution in [0.5, 0.6) is 0 Å². The quantitative estimate of drug-likeness (QED) is 0.512. The van der Waals surface area contributed by atoms with Crippen molar-refractivity contribution in [2.24, 2.45) is 5.11 Å². The molecular weight excluding hydrogens is 108 g/mol. The lowest BCUT2D eigenvalue weighted by molar-refractivity contribution is 0.756. The normalized spacial score (nSPS) is 8.50. The average molecular weight is 110 g/mol. The van der Waals surface area contributed by atoms with Crippen LogP contribution in [-0.4, -0.2) is 20.6 Å². The van der Waals surface area contributed by atoms with Crippen LogP contribution in [0.2, 0.25) is 0 Å². The van der Waals surface area contributed by atoms with Gasteiger partial charge in [0, 0.05) is 0 Å². The van der Waals surface area contributed by atoms with Gasteiger partial charge in [-0.25, -0.2) is 5.53 Å². The predicted octanol–water partition coefficient (Wildman–Crippen LogP) is -0.0709. The van der Waals surface area contributed by atoms with Gasteiger partial charge >= 0.3 is 0 Å². The summed E-state index contributed by atoms with van der Waals surface area (Å²) in [7, 11) is 0. The van der Waals surface area contributed by atoms with E-state index in [0.717, 1.165) is 0 Å². The molecule has 8 heavy (non-hydrogen) atoms. The zero-order valence-corrected chi connectivity index (χ0v) is 3.81. The fraction of sp³-hybridized carbons (Fsp3) is 0. The second kappa shape index (κ2) is 2.01. The molecule has 0 saturated heterocycles. The molecule has 0 fully saturated rings. The second-order valence-electron chi connectivity index (χ2n) is 0.993. The van der Waals surface area contributed by atoms with Crippen molar-refractivity contribution in [3.63, 3.8) is 0 Å². The summed E-state index contributed by atoms with van der Waals surface area (Å²) in [6.45, 7) is 0. The fourth-order valence-electron chi connectivity index (χ4n) is 0.243. The number of nitrogens with one attached hydrogen (secondary N) is 1. The molecule has 0 unspecified atom stereocenters. The summed E-state index contributed by atoms with van der Waals surface area (Å²) < 4.78 is 0. The minimum Gasteiger partial charge on any atom is -0.203 e. The van der Waals surface area contributed by atoms with Gasteiger partial charge in [-0.15, -0.1) is 15.3 Å². The first-order valence-electron chi connectivity index (χ1n) is 1.82. The molecule has 0 aliphatic carbocycles. The first kappa shape index (κ1) is 4.69. The van der Waals surface area contributed by atoms with Gasteiger partial charge in [-0.1, -0.05) is 0 Å². The minimum absolute atomic E-state index is 0.167. The molecule has 6 nitrogen and oxygen atoms in total. The molecule has 0 bridgehead atoms. The predicted molar refractivity (Wildman–Crippen MR) is 22.4 cm³/mol. The van der Waals surface area contributed by atoms with E-state index in [1.807, 2.05) is 0 Å². The van der Waals surface area contributed by atoms with Crippen molar-refractivity contribution >= 4 is 5.82 Å². The highest BCUT2D eigenvalue weighted by molar-refractivity contribution is 5.14. The maximum atomic E-state index is 6.40. The summed E-state index contributed by atoms with van der Waals surface area (Å²) in [5, 5.41) is 15.9. The van der Waals surface area contributed by atoms with Crippen LogP contribution in [0.3, 0.4) is 0 Å². The van der Waals surface area contributed by atoms with E-state index >= 15 is 0 Å². The molecule has 40 valence electrons. The van der Waals surface area contributed by atoms with Gasteiger partial charge in [-0.2, -0.15) is 0 Å². The Morgan fingerprint density at radius 3 is 2.75 bits per heavy atom. The van der Waals surface area contributed by atoms with E-state index in [-0.39, 0.29) is 5.82 Å². The molecule has 0 radical (unpaired) electrons. The molecule has 0 saturated carbocycles. The number of rotatable bonds is 1. The minimum atomic E-state index is 0.167. The Bertz CT molecular complexity index is 169. The van der Waals surface area contributed by atoms with Crippen LogP contribution in [0.1, 0.15) is 0 Å². The van der Waals surface area contributed by atoms with Gasteiger partial charge in [-0.3, -0.25) is 0 Å². The highest BCUT2D eigenvalue weighted by Gasteiger charge is 1.84. The lowest BCUT2D eigenvalue weighted by Crippen LogP contribution is -1.86. The van der Waals surface area contributed by atoms with Crippen molar-refractivity contribution in [2.75, 3.05) is 0 Å². The number of nitrogens with zero attached hydrogens (tertiary/aromatic N) is 5. The lowest BCUT2D eigenvalue weighted by Gasteiger charge is -1.78. The van der Waals surface area contributed by atoms with E-state index in [2.05, 4.69) is 25.7 Å². The largest absolute Gasteiger partial charge is 0.217 e. The molecule has 0 aliphatic rings. The van der Waals surface area contributed by atoms with E-state index < -0.39 is 0 Å². The Labute approximate surface area is 44.5 Å². The van der Waals surface area contributed by atoms with Crippen LogP contribution in [0, 0.1) is 5.53 Å². The van der Waals surface area contributed by atoms with Gasteiger partial charge in [0.1, 0.15) is 0 Å². The Kier molecular flexibility index (Phi) is 1.18. The average Bonchev–Trinajstić information content (AvgIpc) is 1.90. The molecule has 6 heteroatoms. The third kappa shape index (κ3) is 0.780. The van der Waals surface area contributed by atoms with Gasteiger partial charge in [0.25, 0.3) is 0 Å². The van der Waals surface area contributed by atoms with Crippen LogP contribution in [0.15, 0.2) is 11.3 Å². The van der Waals surface area contributed by atoms with Gasteiger partial charge in [0.05, 0.1) is 6.20 Å². The van der Waals surface area contributed by atoms with E-state index in [1.165, 1.54) is 6.20 Å². The zero-order chi connectivity index (χ0) is 5.82. The molecule has 0 spiro atoms. The van der Waals surface area contributed by atoms with E-state index in [9.17, 15) is 0 Å². The van der Waals surface area contributed by atoms with Gasteiger partial charge in [-0.05, 0) is 10.4 Å². The summed E-state index contributed by atoms with van der Waals surface area (Å²) in [5.41, 5.74) is 6.40. The fourth-order valence-corrected chi connectivity index (χ4v) is 0.243. The highest BCUT2D eigenvalue weighted by atomic mass is 15.4. The Morgan fingerprint density at radius 1 is 1.50 bits per heavy atom. The van der Waals surface area contributed by atoms with Crippen LogP contribution >= 0.6 is 0 Å². The summed E-state index contributed by atoms with van der Waals surface area (Å²) in [4.78, 5) is 0. The third-order valence-corrected chi connectivity index (χ3v) is 0.527. The Hall–Kier alpha value is -1.46. The first-order chi connectivity index (χ1) is 3.93. The first-order valence-corrected chi connectivity index (χ1v) is 1.82. The van der Waals surface area contributed by atoms with Crippen molar-refractivity contribution in [1.29, 1.82) is 5.53 Å². The van der Waals surface area contributed by atoms with Crippen LogP contribution in [-0.2, 0) is 0 Å². The van der Waals surface area contributed by atoms with Crippen molar-refractivity contribution < 1.29 is 0 Å². The topological polar surface area (TPSA) is 87.8 Å². The van der Waals surface area contributed by atoms with Crippen molar-refractivity contribution in [3.8, 4) is 0 Å². The smallest absolute Gasteiger partial charge is 0.203 e. The molecule has 0 amide bonds. The van der Waals surface area contributed by atoms with E-state index in [0.29, 0.717) is 0 Å². The van der Waals surface area contributed by atoms with Crippen molar-refractivity contribution in [3.05, 3.63) is 6.20 Å². The van der Waals surface area contributed by atoms with Crippen molar-refractivity contribution in [1.82, 2.24) is 20.6 Å². The second-order valence-corrected chi connectivity index (χ2v) is 0.993. The summed E-state index contributed by atoms with van der Waals surface area (Å²) in [5.74, 6) is 0.167. The third-order valence-electron chi connectivity index (χ3n) is 0.527. The van der Waals surface area contributed by atoms with E-state index in [1.54, 1.807) is 0 Å². The number of hydrogen-bond acceptors (Lipinski definition) is 6. The zero-order valence-electron chi connectivity index (χ0n) is 3.81. The van der Waals surface area contributed by atoms with Gasteiger partial charge in [0.15, 0.2) is 0 Å². The molecule has 1 rings (SSSR count). The number of hydrogen-bond donors (Lipinski definition) is 1. The Morgan fingerprint density at radius 2 is 2.38 bits per heavy atom. The molecule has 1 aromatic heterocycles. The maximum absolute atomic E-state index is 6.40. The molecular formula is C2H2N6. The Balaban J connectivity index is 2.99. The summed E-state index contributed by atoms with van der Waals surface area (Å²) in [6.07, 6.45) is 1.25. The van der Waals surface area contributed by atoms with Gasteiger partial charge in [0.2, 0.25) is 5.82 Å². The van der Waals surface area contributed by atoms with Crippen molar-refractivity contribution in [2.45, 2.75) is 0 Å². The number of aromatic nitrogens is 4.